The SMILES string of the molecule is COCC(=O)Nc1cccc(NC(=O)Cc2cccs2)c1. The normalized spacial score (nSPS) is 10.1. The van der Waals surface area contributed by atoms with Crippen LogP contribution in [0, 0.1) is 0 Å². The molecule has 0 bridgehead atoms. The van der Waals surface area contributed by atoms with E-state index in [0.717, 1.165) is 4.88 Å². The molecule has 110 valence electrons. The van der Waals surface area contributed by atoms with Crippen LogP contribution in [-0.4, -0.2) is 25.5 Å². The number of nitrogens with one attached hydrogen (secondary N) is 2. The summed E-state index contributed by atoms with van der Waals surface area (Å²) in [7, 11) is 1.46. The average Bonchev–Trinajstić information content (AvgIpc) is 2.92. The Bertz CT molecular complexity index is 611. The molecule has 0 saturated carbocycles. The van der Waals surface area contributed by atoms with Gasteiger partial charge in [-0.2, -0.15) is 0 Å². The fourth-order valence-corrected chi connectivity index (χ4v) is 2.48. The lowest BCUT2D eigenvalue weighted by Crippen LogP contribution is -2.17. The minimum absolute atomic E-state index is 0.00500. The van der Waals surface area contributed by atoms with E-state index in [0.29, 0.717) is 17.8 Å². The highest BCUT2D eigenvalue weighted by Crippen LogP contribution is 2.16. The van der Waals surface area contributed by atoms with E-state index in [2.05, 4.69) is 10.6 Å². The molecular formula is C15H16N2O3S. The van der Waals surface area contributed by atoms with E-state index in [9.17, 15) is 9.59 Å². The Morgan fingerprint density at radius 3 is 2.43 bits per heavy atom. The molecule has 2 amide bonds. The maximum absolute atomic E-state index is 11.9. The fourth-order valence-electron chi connectivity index (χ4n) is 1.78. The smallest absolute Gasteiger partial charge is 0.250 e. The van der Waals surface area contributed by atoms with E-state index in [1.807, 2.05) is 17.5 Å². The predicted molar refractivity (Wildman–Crippen MR) is 83.6 cm³/mol. The largest absolute Gasteiger partial charge is 0.375 e. The molecule has 0 saturated heterocycles. The number of thiophene rings is 1. The molecule has 0 fully saturated rings. The van der Waals surface area contributed by atoms with Gasteiger partial charge >= 0.3 is 0 Å². The first kappa shape index (κ1) is 15.2. The molecule has 1 aromatic heterocycles. The van der Waals surface area contributed by atoms with E-state index >= 15 is 0 Å². The zero-order chi connectivity index (χ0) is 15.1. The Hall–Kier alpha value is -2.18. The monoisotopic (exact) mass is 304 g/mol. The van der Waals surface area contributed by atoms with Gasteiger partial charge in [0, 0.05) is 23.4 Å². The van der Waals surface area contributed by atoms with Crippen LogP contribution >= 0.6 is 11.3 Å². The van der Waals surface area contributed by atoms with Gasteiger partial charge in [0.15, 0.2) is 0 Å². The summed E-state index contributed by atoms with van der Waals surface area (Å²) in [5.41, 5.74) is 1.26. The second-order valence-corrected chi connectivity index (χ2v) is 5.40. The van der Waals surface area contributed by atoms with Crippen molar-refractivity contribution in [3.63, 3.8) is 0 Å². The predicted octanol–water partition coefficient (Wildman–Crippen LogP) is 2.51. The maximum atomic E-state index is 11.9. The van der Waals surface area contributed by atoms with Crippen molar-refractivity contribution in [2.75, 3.05) is 24.4 Å². The first-order valence-corrected chi connectivity index (χ1v) is 7.26. The molecule has 2 N–H and O–H groups in total. The number of anilines is 2. The highest BCUT2D eigenvalue weighted by Gasteiger charge is 2.06. The topological polar surface area (TPSA) is 67.4 Å². The molecule has 6 heteroatoms. The second kappa shape index (κ2) is 7.56. The number of hydrogen-bond donors (Lipinski definition) is 2. The van der Waals surface area contributed by atoms with Crippen LogP contribution in [0.3, 0.4) is 0 Å². The Kier molecular flexibility index (Phi) is 5.48. The number of hydrogen-bond acceptors (Lipinski definition) is 4. The minimum atomic E-state index is -0.237. The molecule has 0 radical (unpaired) electrons. The van der Waals surface area contributed by atoms with Crippen molar-refractivity contribution in [2.24, 2.45) is 0 Å². The third kappa shape index (κ3) is 5.02. The van der Waals surface area contributed by atoms with Crippen molar-refractivity contribution in [1.29, 1.82) is 0 Å². The quantitative estimate of drug-likeness (QED) is 0.861. The summed E-state index contributed by atoms with van der Waals surface area (Å²) >= 11 is 1.55. The van der Waals surface area contributed by atoms with E-state index in [4.69, 9.17) is 4.74 Å². The Labute approximate surface area is 126 Å². The molecule has 0 unspecified atom stereocenters. The molecule has 1 heterocycles. The van der Waals surface area contributed by atoms with Gasteiger partial charge < -0.3 is 15.4 Å². The van der Waals surface area contributed by atoms with E-state index < -0.39 is 0 Å². The third-order valence-electron chi connectivity index (χ3n) is 2.62. The van der Waals surface area contributed by atoms with Crippen LogP contribution in [0.4, 0.5) is 11.4 Å². The van der Waals surface area contributed by atoms with Gasteiger partial charge in [0.05, 0.1) is 6.42 Å². The van der Waals surface area contributed by atoms with Crippen LogP contribution in [0.5, 0.6) is 0 Å². The molecule has 0 spiro atoms. The van der Waals surface area contributed by atoms with Crippen molar-refractivity contribution >= 4 is 34.5 Å². The lowest BCUT2D eigenvalue weighted by Gasteiger charge is -2.08. The number of benzene rings is 1. The highest BCUT2D eigenvalue weighted by molar-refractivity contribution is 7.10. The lowest BCUT2D eigenvalue weighted by atomic mass is 10.2. The summed E-state index contributed by atoms with van der Waals surface area (Å²) in [6.07, 6.45) is 0.345. The number of carbonyl (C=O) groups is 2. The molecule has 1 aromatic carbocycles. The summed E-state index contributed by atoms with van der Waals surface area (Å²) in [4.78, 5) is 24.4. The van der Waals surface area contributed by atoms with Crippen molar-refractivity contribution in [1.82, 2.24) is 0 Å². The summed E-state index contributed by atoms with van der Waals surface area (Å²) in [6.45, 7) is -0.00500. The van der Waals surface area contributed by atoms with Gasteiger partial charge in [-0.15, -0.1) is 11.3 Å². The molecular weight excluding hydrogens is 288 g/mol. The minimum Gasteiger partial charge on any atom is -0.375 e. The van der Waals surface area contributed by atoms with Crippen molar-refractivity contribution in [3.8, 4) is 0 Å². The van der Waals surface area contributed by atoms with Crippen LogP contribution in [0.15, 0.2) is 41.8 Å². The molecule has 0 aliphatic carbocycles. The molecule has 2 aromatic rings. The Morgan fingerprint density at radius 1 is 1.10 bits per heavy atom. The summed E-state index contributed by atoms with van der Waals surface area (Å²) in [6, 6.07) is 10.8. The van der Waals surface area contributed by atoms with Crippen LogP contribution < -0.4 is 10.6 Å². The van der Waals surface area contributed by atoms with Crippen molar-refractivity contribution in [2.45, 2.75) is 6.42 Å². The molecule has 5 nitrogen and oxygen atoms in total. The standard InChI is InChI=1S/C15H16N2O3S/c1-20-10-15(19)17-12-5-2-4-11(8-12)16-14(18)9-13-6-3-7-21-13/h2-8H,9-10H2,1H3,(H,16,18)(H,17,19). The van der Waals surface area contributed by atoms with Crippen molar-refractivity contribution < 1.29 is 14.3 Å². The molecule has 0 aliphatic rings. The van der Waals surface area contributed by atoms with Crippen LogP contribution in [0.25, 0.3) is 0 Å². The van der Waals surface area contributed by atoms with Crippen LogP contribution in [0.2, 0.25) is 0 Å². The second-order valence-electron chi connectivity index (χ2n) is 4.37. The van der Waals surface area contributed by atoms with Gasteiger partial charge in [0.25, 0.3) is 0 Å². The maximum Gasteiger partial charge on any atom is 0.250 e. The van der Waals surface area contributed by atoms with Gasteiger partial charge in [-0.1, -0.05) is 12.1 Å². The zero-order valence-corrected chi connectivity index (χ0v) is 12.4. The van der Waals surface area contributed by atoms with E-state index in [1.54, 1.807) is 35.6 Å². The average molecular weight is 304 g/mol. The molecule has 0 atom stereocenters. The van der Waals surface area contributed by atoms with Gasteiger partial charge in [-0.25, -0.2) is 0 Å². The van der Waals surface area contributed by atoms with Gasteiger partial charge in [-0.3, -0.25) is 9.59 Å². The number of amides is 2. The van der Waals surface area contributed by atoms with Gasteiger partial charge in [0.2, 0.25) is 11.8 Å². The number of rotatable bonds is 6. The number of methoxy groups -OCH3 is 1. The zero-order valence-electron chi connectivity index (χ0n) is 11.6. The highest BCUT2D eigenvalue weighted by atomic mass is 32.1. The number of carbonyl (C=O) groups excluding carboxylic acids is 2. The van der Waals surface area contributed by atoms with E-state index in [1.165, 1.54) is 7.11 Å². The Morgan fingerprint density at radius 2 is 1.81 bits per heavy atom. The van der Waals surface area contributed by atoms with E-state index in [-0.39, 0.29) is 18.4 Å². The van der Waals surface area contributed by atoms with Gasteiger partial charge in [0.1, 0.15) is 6.61 Å². The van der Waals surface area contributed by atoms with Crippen LogP contribution in [-0.2, 0) is 20.7 Å². The third-order valence-corrected chi connectivity index (χ3v) is 3.50. The summed E-state index contributed by atoms with van der Waals surface area (Å²) < 4.78 is 4.75. The lowest BCUT2D eigenvalue weighted by molar-refractivity contribution is -0.119. The molecule has 21 heavy (non-hydrogen) atoms. The first-order valence-electron chi connectivity index (χ1n) is 6.38. The summed E-state index contributed by atoms with van der Waals surface area (Å²) in [5, 5.41) is 7.44. The number of ether oxygens (including phenoxy) is 1. The van der Waals surface area contributed by atoms with Crippen LogP contribution in [0.1, 0.15) is 4.88 Å². The molecule has 0 aliphatic heterocycles. The van der Waals surface area contributed by atoms with Gasteiger partial charge in [-0.05, 0) is 29.6 Å². The summed E-state index contributed by atoms with van der Waals surface area (Å²) in [5.74, 6) is -0.322. The van der Waals surface area contributed by atoms with Crippen molar-refractivity contribution in [3.05, 3.63) is 46.7 Å². The Balaban J connectivity index is 1.94. The fraction of sp³-hybridized carbons (Fsp3) is 0.200. The molecule has 2 rings (SSSR count). The first-order chi connectivity index (χ1) is 10.2.